The average Bonchev–Trinajstić information content (AvgIpc) is 2.30. The summed E-state index contributed by atoms with van der Waals surface area (Å²) in [6, 6.07) is 0. The van der Waals surface area contributed by atoms with Gasteiger partial charge in [-0.3, -0.25) is 9.79 Å². The van der Waals surface area contributed by atoms with E-state index in [-0.39, 0.29) is 5.91 Å². The van der Waals surface area contributed by atoms with Gasteiger partial charge in [0.05, 0.1) is 5.84 Å². The lowest BCUT2D eigenvalue weighted by Gasteiger charge is -2.20. The number of hydrogen-bond donors (Lipinski definition) is 2. The summed E-state index contributed by atoms with van der Waals surface area (Å²) < 4.78 is 0. The van der Waals surface area contributed by atoms with Gasteiger partial charge in [0.1, 0.15) is 0 Å². The molecule has 4 heteroatoms. The topological polar surface area (TPSA) is 67.5 Å². The Bertz CT molecular complexity index is 245. The first-order valence-corrected chi connectivity index (χ1v) is 6.30. The smallest absolute Gasteiger partial charge is 0.221 e. The highest BCUT2D eigenvalue weighted by molar-refractivity contribution is 5.83. The number of nitrogens with one attached hydrogen (secondary N) is 1. The molecule has 0 saturated heterocycles. The van der Waals surface area contributed by atoms with Crippen LogP contribution in [-0.2, 0) is 4.79 Å². The first-order chi connectivity index (χ1) is 7.74. The monoisotopic (exact) mass is 225 g/mol. The lowest BCUT2D eigenvalue weighted by atomic mass is 9.88. The summed E-state index contributed by atoms with van der Waals surface area (Å²) in [5.41, 5.74) is 5.93. The van der Waals surface area contributed by atoms with Crippen molar-refractivity contribution in [3.05, 3.63) is 0 Å². The SMILES string of the molecule is CCNC(=O)CCN=C(N)C1CCCCC1. The number of amides is 1. The summed E-state index contributed by atoms with van der Waals surface area (Å²) in [6.45, 7) is 3.12. The third-order valence-electron chi connectivity index (χ3n) is 3.03. The lowest BCUT2D eigenvalue weighted by molar-refractivity contribution is -0.120. The van der Waals surface area contributed by atoms with Crippen LogP contribution < -0.4 is 11.1 Å². The fraction of sp³-hybridized carbons (Fsp3) is 0.833. The summed E-state index contributed by atoms with van der Waals surface area (Å²) >= 11 is 0. The number of nitrogens with zero attached hydrogens (tertiary/aromatic N) is 1. The number of amidine groups is 1. The highest BCUT2D eigenvalue weighted by atomic mass is 16.1. The van der Waals surface area contributed by atoms with E-state index >= 15 is 0 Å². The highest BCUT2D eigenvalue weighted by Gasteiger charge is 2.16. The molecular formula is C12H23N3O. The van der Waals surface area contributed by atoms with Crippen LogP contribution in [0.3, 0.4) is 0 Å². The van der Waals surface area contributed by atoms with E-state index in [4.69, 9.17) is 5.73 Å². The molecule has 0 bridgehead atoms. The van der Waals surface area contributed by atoms with E-state index in [1.807, 2.05) is 6.92 Å². The molecule has 1 aliphatic carbocycles. The van der Waals surface area contributed by atoms with Gasteiger partial charge in [0.25, 0.3) is 0 Å². The Morgan fingerprint density at radius 2 is 2.06 bits per heavy atom. The van der Waals surface area contributed by atoms with Crippen molar-refractivity contribution in [2.24, 2.45) is 16.6 Å². The van der Waals surface area contributed by atoms with Crippen LogP contribution in [0.4, 0.5) is 0 Å². The number of nitrogens with two attached hydrogens (primary N) is 1. The van der Waals surface area contributed by atoms with E-state index < -0.39 is 0 Å². The Labute approximate surface area is 97.7 Å². The molecule has 0 radical (unpaired) electrons. The molecule has 1 amide bonds. The quantitative estimate of drug-likeness (QED) is 0.549. The van der Waals surface area contributed by atoms with Gasteiger partial charge in [0.15, 0.2) is 0 Å². The molecule has 0 spiro atoms. The summed E-state index contributed by atoms with van der Waals surface area (Å²) in [6.07, 6.45) is 6.62. The second-order valence-electron chi connectivity index (χ2n) is 4.35. The maximum Gasteiger partial charge on any atom is 0.221 e. The zero-order valence-corrected chi connectivity index (χ0v) is 10.2. The van der Waals surface area contributed by atoms with E-state index in [0.29, 0.717) is 25.4 Å². The molecule has 0 aliphatic heterocycles. The summed E-state index contributed by atoms with van der Waals surface area (Å²) in [5, 5.41) is 2.75. The van der Waals surface area contributed by atoms with Gasteiger partial charge in [0.2, 0.25) is 5.91 Å². The average molecular weight is 225 g/mol. The molecule has 4 nitrogen and oxygen atoms in total. The Kier molecular flexibility index (Phi) is 5.90. The van der Waals surface area contributed by atoms with Crippen molar-refractivity contribution in [1.29, 1.82) is 0 Å². The van der Waals surface area contributed by atoms with E-state index in [2.05, 4.69) is 10.3 Å². The van der Waals surface area contributed by atoms with Gasteiger partial charge in [0, 0.05) is 25.4 Å². The molecule has 92 valence electrons. The Morgan fingerprint density at radius 3 is 2.69 bits per heavy atom. The predicted octanol–water partition coefficient (Wildman–Crippen LogP) is 1.45. The Hall–Kier alpha value is -1.06. The fourth-order valence-corrected chi connectivity index (χ4v) is 2.10. The molecule has 3 N–H and O–H groups in total. The molecule has 1 rings (SSSR count). The number of aliphatic imine (C=N–C) groups is 1. The molecule has 0 heterocycles. The van der Waals surface area contributed by atoms with E-state index in [9.17, 15) is 4.79 Å². The minimum atomic E-state index is 0.0581. The van der Waals surface area contributed by atoms with Crippen LogP contribution in [0.1, 0.15) is 45.4 Å². The third-order valence-corrected chi connectivity index (χ3v) is 3.03. The summed E-state index contributed by atoms with van der Waals surface area (Å²) in [4.78, 5) is 15.5. The van der Waals surface area contributed by atoms with Gasteiger partial charge in [-0.2, -0.15) is 0 Å². The zero-order valence-electron chi connectivity index (χ0n) is 10.2. The van der Waals surface area contributed by atoms with Crippen molar-refractivity contribution >= 4 is 11.7 Å². The molecule has 16 heavy (non-hydrogen) atoms. The second-order valence-corrected chi connectivity index (χ2v) is 4.35. The molecule has 1 fully saturated rings. The summed E-state index contributed by atoms with van der Waals surface area (Å²) in [5.74, 6) is 1.27. The van der Waals surface area contributed by atoms with Gasteiger partial charge < -0.3 is 11.1 Å². The first kappa shape index (κ1) is 13.0. The maximum absolute atomic E-state index is 11.2. The van der Waals surface area contributed by atoms with Crippen molar-refractivity contribution in [3.63, 3.8) is 0 Å². The second kappa shape index (κ2) is 7.25. The third kappa shape index (κ3) is 4.64. The van der Waals surface area contributed by atoms with E-state index in [0.717, 1.165) is 18.7 Å². The standard InChI is InChI=1S/C12H23N3O/c1-2-14-11(16)8-9-15-12(13)10-6-4-3-5-7-10/h10H,2-9H2,1H3,(H2,13,15)(H,14,16). The molecule has 1 aliphatic rings. The number of carbonyl (C=O) groups is 1. The Balaban J connectivity index is 2.24. The highest BCUT2D eigenvalue weighted by Crippen LogP contribution is 2.23. The van der Waals surface area contributed by atoms with Crippen LogP contribution >= 0.6 is 0 Å². The molecule has 0 aromatic heterocycles. The van der Waals surface area contributed by atoms with E-state index in [1.54, 1.807) is 0 Å². The van der Waals surface area contributed by atoms with Crippen LogP contribution in [0, 0.1) is 5.92 Å². The van der Waals surface area contributed by atoms with Crippen LogP contribution in [-0.4, -0.2) is 24.8 Å². The van der Waals surface area contributed by atoms with Crippen LogP contribution in [0.15, 0.2) is 4.99 Å². The fourth-order valence-electron chi connectivity index (χ4n) is 2.10. The molecule has 0 atom stereocenters. The van der Waals surface area contributed by atoms with E-state index in [1.165, 1.54) is 19.3 Å². The molecule has 0 aromatic rings. The number of carbonyl (C=O) groups excluding carboxylic acids is 1. The first-order valence-electron chi connectivity index (χ1n) is 6.30. The van der Waals surface area contributed by atoms with Crippen molar-refractivity contribution in [2.45, 2.75) is 45.4 Å². The minimum Gasteiger partial charge on any atom is -0.387 e. The van der Waals surface area contributed by atoms with Crippen molar-refractivity contribution in [3.8, 4) is 0 Å². The zero-order chi connectivity index (χ0) is 11.8. The van der Waals surface area contributed by atoms with Crippen molar-refractivity contribution in [1.82, 2.24) is 5.32 Å². The van der Waals surface area contributed by atoms with Crippen LogP contribution in [0.2, 0.25) is 0 Å². The summed E-state index contributed by atoms with van der Waals surface area (Å²) in [7, 11) is 0. The van der Waals surface area contributed by atoms with Gasteiger partial charge in [-0.1, -0.05) is 19.3 Å². The van der Waals surface area contributed by atoms with Gasteiger partial charge in [-0.25, -0.2) is 0 Å². The maximum atomic E-state index is 11.2. The van der Waals surface area contributed by atoms with Crippen molar-refractivity contribution in [2.75, 3.05) is 13.1 Å². The van der Waals surface area contributed by atoms with Gasteiger partial charge >= 0.3 is 0 Å². The van der Waals surface area contributed by atoms with Gasteiger partial charge in [-0.15, -0.1) is 0 Å². The molecular weight excluding hydrogens is 202 g/mol. The largest absolute Gasteiger partial charge is 0.387 e. The minimum absolute atomic E-state index is 0.0581. The molecule has 0 unspecified atom stereocenters. The number of hydrogen-bond acceptors (Lipinski definition) is 2. The van der Waals surface area contributed by atoms with Crippen LogP contribution in [0.25, 0.3) is 0 Å². The predicted molar refractivity (Wildman–Crippen MR) is 66.4 cm³/mol. The van der Waals surface area contributed by atoms with Gasteiger partial charge in [-0.05, 0) is 19.8 Å². The molecule has 0 aromatic carbocycles. The van der Waals surface area contributed by atoms with Crippen molar-refractivity contribution < 1.29 is 4.79 Å². The lowest BCUT2D eigenvalue weighted by Crippen LogP contribution is -2.27. The molecule has 1 saturated carbocycles. The Morgan fingerprint density at radius 1 is 1.38 bits per heavy atom. The van der Waals surface area contributed by atoms with Crippen LogP contribution in [0.5, 0.6) is 0 Å². The number of rotatable bonds is 5. The normalized spacial score (nSPS) is 18.4.